The van der Waals surface area contributed by atoms with Crippen molar-refractivity contribution in [2.75, 3.05) is 5.32 Å². The third kappa shape index (κ3) is 3.77. The summed E-state index contributed by atoms with van der Waals surface area (Å²) >= 11 is 0. The van der Waals surface area contributed by atoms with Gasteiger partial charge in [-0.05, 0) is 36.4 Å². The Hall–Kier alpha value is -4.20. The van der Waals surface area contributed by atoms with Crippen LogP contribution in [0.5, 0.6) is 0 Å². The van der Waals surface area contributed by atoms with Crippen molar-refractivity contribution in [1.29, 1.82) is 0 Å². The van der Waals surface area contributed by atoms with Crippen LogP contribution >= 0.6 is 0 Å². The Labute approximate surface area is 164 Å². The number of para-hydroxylation sites is 1. The van der Waals surface area contributed by atoms with Gasteiger partial charge in [-0.15, -0.1) is 0 Å². The van der Waals surface area contributed by atoms with E-state index in [1.54, 1.807) is 54.6 Å². The highest BCUT2D eigenvalue weighted by Gasteiger charge is 2.17. The standard InChI is InChI=1S/C21H16N4O4/c26-19(23-12-14-6-5-11-29-14)15-7-1-2-8-17(15)24-20(27)16-13-22-18-9-3-4-10-25(18)21(16)28/h1-11,13H,12H2,(H,23,26)(H,24,27). The van der Waals surface area contributed by atoms with Crippen molar-refractivity contribution in [1.82, 2.24) is 14.7 Å². The highest BCUT2D eigenvalue weighted by molar-refractivity contribution is 6.08. The molecule has 0 radical (unpaired) electrons. The summed E-state index contributed by atoms with van der Waals surface area (Å²) in [6.45, 7) is 0.212. The van der Waals surface area contributed by atoms with Gasteiger partial charge < -0.3 is 15.1 Å². The van der Waals surface area contributed by atoms with E-state index in [2.05, 4.69) is 15.6 Å². The Morgan fingerprint density at radius 3 is 2.62 bits per heavy atom. The lowest BCUT2D eigenvalue weighted by molar-refractivity contribution is 0.0949. The summed E-state index contributed by atoms with van der Waals surface area (Å²) in [5.74, 6) is -0.423. The lowest BCUT2D eigenvalue weighted by Gasteiger charge is -2.11. The van der Waals surface area contributed by atoms with Crippen molar-refractivity contribution in [3.8, 4) is 0 Å². The van der Waals surface area contributed by atoms with E-state index in [1.807, 2.05) is 0 Å². The van der Waals surface area contributed by atoms with Crippen LogP contribution in [-0.4, -0.2) is 21.2 Å². The molecule has 2 N–H and O–H groups in total. The second kappa shape index (κ2) is 7.81. The average Bonchev–Trinajstić information content (AvgIpc) is 3.26. The number of hydrogen-bond acceptors (Lipinski definition) is 5. The molecular weight excluding hydrogens is 372 g/mol. The van der Waals surface area contributed by atoms with Crippen molar-refractivity contribution >= 4 is 23.1 Å². The third-order valence-electron chi connectivity index (χ3n) is 4.28. The van der Waals surface area contributed by atoms with Crippen molar-refractivity contribution < 1.29 is 14.0 Å². The van der Waals surface area contributed by atoms with Gasteiger partial charge in [0.15, 0.2) is 0 Å². The van der Waals surface area contributed by atoms with Gasteiger partial charge in [-0.2, -0.15) is 0 Å². The molecule has 8 nitrogen and oxygen atoms in total. The Morgan fingerprint density at radius 1 is 0.966 bits per heavy atom. The number of carbonyl (C=O) groups is 2. The highest BCUT2D eigenvalue weighted by Crippen LogP contribution is 2.16. The summed E-state index contributed by atoms with van der Waals surface area (Å²) in [5, 5.41) is 5.36. The molecule has 4 aromatic rings. The molecule has 2 amide bonds. The van der Waals surface area contributed by atoms with E-state index in [4.69, 9.17) is 4.42 Å². The molecule has 4 rings (SSSR count). The first-order valence-corrected chi connectivity index (χ1v) is 8.81. The van der Waals surface area contributed by atoms with E-state index in [9.17, 15) is 14.4 Å². The molecule has 1 aromatic carbocycles. The summed E-state index contributed by atoms with van der Waals surface area (Å²) in [7, 11) is 0. The Morgan fingerprint density at radius 2 is 1.79 bits per heavy atom. The first kappa shape index (κ1) is 18.2. The molecule has 3 heterocycles. The van der Waals surface area contributed by atoms with Gasteiger partial charge in [0, 0.05) is 12.4 Å². The lowest BCUT2D eigenvalue weighted by atomic mass is 10.1. The second-order valence-corrected chi connectivity index (χ2v) is 6.17. The molecule has 0 fully saturated rings. The number of carbonyl (C=O) groups excluding carboxylic acids is 2. The SMILES string of the molecule is O=C(NCc1ccco1)c1ccccc1NC(=O)c1cnc2ccccn2c1=O. The number of amides is 2. The van der Waals surface area contributed by atoms with Crippen LogP contribution in [0.3, 0.4) is 0 Å². The summed E-state index contributed by atoms with van der Waals surface area (Å²) < 4.78 is 6.48. The van der Waals surface area contributed by atoms with Crippen LogP contribution in [0.2, 0.25) is 0 Å². The molecule has 144 valence electrons. The third-order valence-corrected chi connectivity index (χ3v) is 4.28. The van der Waals surface area contributed by atoms with Gasteiger partial charge in [0.05, 0.1) is 24.1 Å². The predicted octanol–water partition coefficient (Wildman–Crippen LogP) is 2.47. The molecule has 0 atom stereocenters. The predicted molar refractivity (Wildman–Crippen MR) is 106 cm³/mol. The van der Waals surface area contributed by atoms with E-state index in [0.29, 0.717) is 11.4 Å². The molecule has 0 aliphatic carbocycles. The van der Waals surface area contributed by atoms with Crippen LogP contribution in [-0.2, 0) is 6.54 Å². The average molecular weight is 388 g/mol. The first-order chi connectivity index (χ1) is 14.1. The number of rotatable bonds is 5. The zero-order chi connectivity index (χ0) is 20.2. The molecule has 0 saturated heterocycles. The van der Waals surface area contributed by atoms with Gasteiger partial charge in [0.1, 0.15) is 17.0 Å². The molecule has 29 heavy (non-hydrogen) atoms. The fraction of sp³-hybridized carbons (Fsp3) is 0.0476. The minimum absolute atomic E-state index is 0.125. The molecule has 0 aliphatic heterocycles. The molecule has 0 unspecified atom stereocenters. The summed E-state index contributed by atoms with van der Waals surface area (Å²) in [5.41, 5.74) is 0.368. The molecule has 0 aliphatic rings. The van der Waals surface area contributed by atoms with E-state index < -0.39 is 11.5 Å². The molecular formula is C21H16N4O4. The number of furan rings is 1. The quantitative estimate of drug-likeness (QED) is 0.546. The Kier molecular flexibility index (Phi) is 4.90. The van der Waals surface area contributed by atoms with Crippen molar-refractivity contribution in [3.05, 3.63) is 100 Å². The monoisotopic (exact) mass is 388 g/mol. The van der Waals surface area contributed by atoms with Gasteiger partial charge in [-0.25, -0.2) is 4.98 Å². The number of anilines is 1. The first-order valence-electron chi connectivity index (χ1n) is 8.81. The van der Waals surface area contributed by atoms with Gasteiger partial charge in [0.25, 0.3) is 17.4 Å². The minimum atomic E-state index is -0.646. The molecule has 0 bridgehead atoms. The van der Waals surface area contributed by atoms with Gasteiger partial charge >= 0.3 is 0 Å². The fourth-order valence-corrected chi connectivity index (χ4v) is 2.84. The summed E-state index contributed by atoms with van der Waals surface area (Å²) in [6.07, 6.45) is 4.29. The van der Waals surface area contributed by atoms with Crippen molar-refractivity contribution in [2.45, 2.75) is 6.54 Å². The van der Waals surface area contributed by atoms with E-state index in [1.165, 1.54) is 23.1 Å². The van der Waals surface area contributed by atoms with Crippen molar-refractivity contribution in [2.24, 2.45) is 0 Å². The summed E-state index contributed by atoms with van der Waals surface area (Å²) in [4.78, 5) is 41.9. The molecule has 8 heteroatoms. The number of hydrogen-bond donors (Lipinski definition) is 2. The van der Waals surface area contributed by atoms with Gasteiger partial charge in [-0.3, -0.25) is 18.8 Å². The highest BCUT2D eigenvalue weighted by atomic mass is 16.3. The van der Waals surface area contributed by atoms with Crippen LogP contribution in [0.25, 0.3) is 5.65 Å². The van der Waals surface area contributed by atoms with E-state index in [-0.39, 0.29) is 29.3 Å². The Bertz CT molecular complexity index is 1250. The topological polar surface area (TPSA) is 106 Å². The van der Waals surface area contributed by atoms with Gasteiger partial charge in [-0.1, -0.05) is 18.2 Å². The van der Waals surface area contributed by atoms with E-state index in [0.717, 1.165) is 0 Å². The largest absolute Gasteiger partial charge is 0.467 e. The van der Waals surface area contributed by atoms with Gasteiger partial charge in [0.2, 0.25) is 0 Å². The Balaban J connectivity index is 1.57. The zero-order valence-electron chi connectivity index (χ0n) is 15.2. The maximum Gasteiger partial charge on any atom is 0.270 e. The summed E-state index contributed by atoms with van der Waals surface area (Å²) in [6, 6.07) is 15.1. The van der Waals surface area contributed by atoms with Crippen molar-refractivity contribution in [3.63, 3.8) is 0 Å². The fourth-order valence-electron chi connectivity index (χ4n) is 2.84. The number of fused-ring (bicyclic) bond motifs is 1. The maximum absolute atomic E-state index is 12.7. The number of nitrogens with one attached hydrogen (secondary N) is 2. The number of nitrogens with zero attached hydrogens (tertiary/aromatic N) is 2. The molecule has 0 saturated carbocycles. The zero-order valence-corrected chi connectivity index (χ0v) is 15.2. The molecule has 3 aromatic heterocycles. The normalized spacial score (nSPS) is 10.6. The number of benzene rings is 1. The van der Waals surface area contributed by atoms with Crippen LogP contribution in [0.4, 0.5) is 5.69 Å². The van der Waals surface area contributed by atoms with Crippen LogP contribution in [0.15, 0.2) is 82.5 Å². The van der Waals surface area contributed by atoms with Crippen LogP contribution < -0.4 is 16.2 Å². The second-order valence-electron chi connectivity index (χ2n) is 6.17. The maximum atomic E-state index is 12.7. The lowest BCUT2D eigenvalue weighted by Crippen LogP contribution is -2.28. The smallest absolute Gasteiger partial charge is 0.270 e. The number of aromatic nitrogens is 2. The van der Waals surface area contributed by atoms with Crippen LogP contribution in [0, 0.1) is 0 Å². The number of pyridine rings is 1. The minimum Gasteiger partial charge on any atom is -0.467 e. The molecule has 0 spiro atoms. The van der Waals surface area contributed by atoms with Crippen LogP contribution in [0.1, 0.15) is 26.5 Å². The van der Waals surface area contributed by atoms with E-state index >= 15 is 0 Å².